The number of hydrogen-bond acceptors (Lipinski definition) is 16. The van der Waals surface area contributed by atoms with Crippen LogP contribution in [0.4, 0.5) is 20.1 Å². The van der Waals surface area contributed by atoms with Crippen LogP contribution in [0.25, 0.3) is 0 Å². The Kier molecular flexibility index (Phi) is 27.0. The van der Waals surface area contributed by atoms with E-state index >= 15 is 0 Å². The molecule has 29 nitrogen and oxygen atoms in total. The van der Waals surface area contributed by atoms with Crippen molar-refractivity contribution in [3.8, 4) is 0 Å². The van der Waals surface area contributed by atoms with Gasteiger partial charge < -0.3 is 72.6 Å². The highest BCUT2D eigenvalue weighted by molar-refractivity contribution is 8.76. The van der Waals surface area contributed by atoms with Crippen LogP contribution < -0.4 is 48.1 Å². The predicted octanol–water partition coefficient (Wildman–Crippen LogP) is -1.76. The van der Waals surface area contributed by atoms with E-state index in [-0.39, 0.29) is 49.6 Å². The van der Waals surface area contributed by atoms with Crippen molar-refractivity contribution in [2.75, 3.05) is 30.0 Å². The Bertz CT molecular complexity index is 1990. The number of hydrogen-bond donors (Lipinski definition) is 15. The van der Waals surface area contributed by atoms with Gasteiger partial charge in [-0.2, -0.15) is 0 Å². The molecule has 5 atom stereocenters. The number of anilines is 1. The van der Waals surface area contributed by atoms with Gasteiger partial charge in [-0.1, -0.05) is 33.7 Å². The first-order chi connectivity index (χ1) is 32.0. The number of hydrazine groups is 1. The van der Waals surface area contributed by atoms with Gasteiger partial charge in [-0.3, -0.25) is 39.0 Å². The average Bonchev–Trinajstić information content (AvgIpc) is 3.23. The lowest BCUT2D eigenvalue weighted by Crippen LogP contribution is -2.57. The number of urea groups is 2. The molecule has 0 spiro atoms. The topological polar surface area (TPSA) is 461 Å². The average molecular weight is 1010 g/mol. The second-order valence-corrected chi connectivity index (χ2v) is 16.5. The molecule has 0 saturated heterocycles. The molecule has 0 aliphatic carbocycles. The number of aliphatic carboxylic acids is 6. The van der Waals surface area contributed by atoms with Crippen LogP contribution in [-0.4, -0.2) is 163 Å². The van der Waals surface area contributed by atoms with Gasteiger partial charge in [-0.15, -0.1) is 0 Å². The van der Waals surface area contributed by atoms with Crippen LogP contribution >= 0.6 is 21.6 Å². The van der Waals surface area contributed by atoms with Crippen LogP contribution in [0.1, 0.15) is 57.4 Å². The van der Waals surface area contributed by atoms with Gasteiger partial charge in [0.2, 0.25) is 23.6 Å². The number of amides is 9. The Balaban J connectivity index is 2.71. The van der Waals surface area contributed by atoms with E-state index in [1.54, 1.807) is 0 Å². The van der Waals surface area contributed by atoms with Crippen molar-refractivity contribution in [1.29, 1.82) is 0 Å². The summed E-state index contributed by atoms with van der Waals surface area (Å²) in [5, 5.41) is 71.3. The molecule has 0 aromatic heterocycles. The summed E-state index contributed by atoms with van der Waals surface area (Å²) >= 11 is 0. The summed E-state index contributed by atoms with van der Waals surface area (Å²) in [6.45, 7) is 1.05. The summed E-state index contributed by atoms with van der Waals surface area (Å²) in [6, 6.07) is -4.56. The molecule has 15 N–H and O–H groups in total. The molecule has 31 heteroatoms. The maximum atomic E-state index is 13.2. The molecular formula is C37H51N9O20S2. The third kappa shape index (κ3) is 26.4. The number of carboxylic acid groups (broad SMARTS) is 6. The van der Waals surface area contributed by atoms with E-state index in [4.69, 9.17) is 14.9 Å². The second-order valence-electron chi connectivity index (χ2n) is 13.9. The number of carboxylic acids is 6. The fourth-order valence-electron chi connectivity index (χ4n) is 5.13. The fourth-order valence-corrected chi connectivity index (χ4v) is 7.12. The number of benzene rings is 1. The number of carbonyl (C=O) groups is 13. The first kappa shape index (κ1) is 58.4. The summed E-state index contributed by atoms with van der Waals surface area (Å²) in [5.74, 6) is -13.0. The van der Waals surface area contributed by atoms with Gasteiger partial charge in [0, 0.05) is 37.1 Å². The molecule has 0 aliphatic heterocycles. The van der Waals surface area contributed by atoms with E-state index in [1.807, 2.05) is 21.5 Å². The zero-order valence-corrected chi connectivity index (χ0v) is 37.5. The Morgan fingerprint density at radius 2 is 1.13 bits per heavy atom. The summed E-state index contributed by atoms with van der Waals surface area (Å²) < 4.78 is 4.78. The molecular weight excluding hydrogens is 955 g/mol. The van der Waals surface area contributed by atoms with E-state index in [0.29, 0.717) is 5.56 Å². The van der Waals surface area contributed by atoms with E-state index in [1.165, 1.54) is 24.3 Å². The predicted molar refractivity (Wildman–Crippen MR) is 234 cm³/mol. The number of carbonyl (C=O) groups excluding carboxylic acids is 7. The maximum absolute atomic E-state index is 13.2. The smallest absolute Gasteiger partial charge is 0.426 e. The lowest BCUT2D eigenvalue weighted by molar-refractivity contribution is -0.144. The van der Waals surface area contributed by atoms with E-state index < -0.39 is 140 Å². The molecule has 0 aliphatic rings. The largest absolute Gasteiger partial charge is 0.481 e. The standard InChI is InChI=1S/C37H51N9O20S2/c1-18(47)45-46-37(65)66-12-13-67-68-17-25(34(61)62)42-31(56)24(16-29(53)54)41-30(55)23(15-28(51)52)40-26(48)14-19-5-7-20(8-6-19)39-35(63)38-11-3-2-4-21(32(57)58)43-36(64)44-22(33(59)60)9-10-27(49)50/h5-8,21-25H,2-4,9-17H2,1H3,(H,40,48)(H,41,55)(H,42,56)(H,45,47)(H,46,65)(H,49,50)(H,51,52)(H,53,54)(H,57,58)(H,59,60)(H,61,62)(H2,38,39,63)(H2,43,44,64)/t21-,22-,23-,24-,25-/m0/s1. The maximum Gasteiger partial charge on any atom is 0.426 e. The monoisotopic (exact) mass is 1010 g/mol. The van der Waals surface area contributed by atoms with Crippen molar-refractivity contribution in [1.82, 2.24) is 42.8 Å². The van der Waals surface area contributed by atoms with Crippen LogP contribution in [0.15, 0.2) is 24.3 Å². The Morgan fingerprint density at radius 3 is 1.66 bits per heavy atom. The zero-order chi connectivity index (χ0) is 51.3. The summed E-state index contributed by atoms with van der Waals surface area (Å²) in [5.41, 5.74) is 4.53. The minimum atomic E-state index is -1.92. The highest BCUT2D eigenvalue weighted by Gasteiger charge is 2.32. The van der Waals surface area contributed by atoms with Crippen molar-refractivity contribution in [3.05, 3.63) is 29.8 Å². The molecule has 0 heterocycles. The van der Waals surface area contributed by atoms with Gasteiger partial charge >= 0.3 is 54.0 Å². The number of unbranched alkanes of at least 4 members (excludes halogenated alkanes) is 1. The van der Waals surface area contributed by atoms with Crippen molar-refractivity contribution in [3.63, 3.8) is 0 Å². The molecule has 9 amide bonds. The number of nitrogens with one attached hydrogen (secondary N) is 9. The van der Waals surface area contributed by atoms with Gasteiger partial charge in [-0.05, 0) is 43.4 Å². The van der Waals surface area contributed by atoms with Gasteiger partial charge in [0.25, 0.3) is 0 Å². The highest BCUT2D eigenvalue weighted by atomic mass is 33.1. The summed E-state index contributed by atoms with van der Waals surface area (Å²) in [4.78, 5) is 154. The van der Waals surface area contributed by atoms with Crippen molar-refractivity contribution in [2.24, 2.45) is 0 Å². The third-order valence-electron chi connectivity index (χ3n) is 8.35. The van der Waals surface area contributed by atoms with Gasteiger partial charge in [-0.25, -0.2) is 34.2 Å². The molecule has 1 rings (SSSR count). The lowest BCUT2D eigenvalue weighted by Gasteiger charge is -2.23. The minimum absolute atomic E-state index is 0.0543. The second kappa shape index (κ2) is 31.4. The van der Waals surface area contributed by atoms with Gasteiger partial charge in [0.1, 0.15) is 36.8 Å². The first-order valence-corrected chi connectivity index (χ1v) is 22.3. The van der Waals surface area contributed by atoms with Crippen LogP contribution in [-0.2, 0) is 59.1 Å². The SMILES string of the molecule is CC(=O)NNC(=O)OCCSSC[C@H](NC(=O)[C@H](CC(=O)O)NC(=O)[C@H](CC(=O)O)NC(=O)Cc1ccc(NC(=O)NCCCC[C@H](NC(=O)N[C@@H](CCC(=O)O)C(=O)O)C(=O)O)cc1)C(=O)O. The zero-order valence-electron chi connectivity index (χ0n) is 35.9. The van der Waals surface area contributed by atoms with Crippen molar-refractivity contribution < 1.29 is 97.7 Å². The van der Waals surface area contributed by atoms with Gasteiger partial charge in [0.15, 0.2) is 0 Å². The molecule has 0 saturated carbocycles. The summed E-state index contributed by atoms with van der Waals surface area (Å²) in [6.07, 6.45) is -4.13. The molecule has 68 heavy (non-hydrogen) atoms. The summed E-state index contributed by atoms with van der Waals surface area (Å²) in [7, 11) is 1.97. The normalized spacial score (nSPS) is 12.7. The number of ether oxygens (including phenoxy) is 1. The van der Waals surface area contributed by atoms with Gasteiger partial charge in [0.05, 0.1) is 19.3 Å². The Hall–Kier alpha value is -7.57. The van der Waals surface area contributed by atoms with Crippen molar-refractivity contribution >= 4 is 105 Å². The third-order valence-corrected chi connectivity index (χ3v) is 10.7. The van der Waals surface area contributed by atoms with Crippen LogP contribution in [0.5, 0.6) is 0 Å². The quantitative estimate of drug-likeness (QED) is 0.0222. The molecule has 0 unspecified atom stereocenters. The van der Waals surface area contributed by atoms with Crippen LogP contribution in [0.2, 0.25) is 0 Å². The molecule has 1 aromatic carbocycles. The molecule has 0 radical (unpaired) electrons. The van der Waals surface area contributed by atoms with Crippen molar-refractivity contribution in [2.45, 2.75) is 88.5 Å². The van der Waals surface area contributed by atoms with E-state index in [9.17, 15) is 82.8 Å². The Labute approximate surface area is 392 Å². The van der Waals surface area contributed by atoms with E-state index in [2.05, 4.69) is 26.6 Å². The highest BCUT2D eigenvalue weighted by Crippen LogP contribution is 2.22. The molecule has 376 valence electrons. The first-order valence-electron chi connectivity index (χ1n) is 19.9. The Morgan fingerprint density at radius 1 is 0.588 bits per heavy atom. The lowest BCUT2D eigenvalue weighted by atomic mass is 10.1. The molecule has 0 bridgehead atoms. The van der Waals surface area contributed by atoms with Crippen LogP contribution in [0.3, 0.4) is 0 Å². The fraction of sp³-hybridized carbons (Fsp3) is 0.486. The molecule has 0 fully saturated rings. The van der Waals surface area contributed by atoms with Crippen LogP contribution in [0, 0.1) is 0 Å². The molecule has 1 aromatic rings. The number of rotatable bonds is 31. The minimum Gasteiger partial charge on any atom is -0.481 e. The van der Waals surface area contributed by atoms with E-state index in [0.717, 1.165) is 28.5 Å².